The van der Waals surface area contributed by atoms with Crippen LogP contribution in [0.1, 0.15) is 0 Å². The van der Waals surface area contributed by atoms with Crippen LogP contribution in [0.25, 0.3) is 0 Å². The van der Waals surface area contributed by atoms with Gasteiger partial charge in [-0.2, -0.15) is 0 Å². The minimum atomic E-state index is -1.76. The molecule has 0 unspecified atom stereocenters. The molecule has 5 heteroatoms. The van der Waals surface area contributed by atoms with E-state index in [1.165, 1.54) is 6.08 Å². The first-order valence-electron chi connectivity index (χ1n) is 1.74. The lowest BCUT2D eigenvalue weighted by Gasteiger charge is -2.09. The standard InChI is InChI=1S/C3H2Cl2OS2/c4-8(5)2-1-3(6)7-8/h1-2H. The molecular formula is C3H2Cl2OS2. The fraction of sp³-hybridized carbons (Fsp3) is 0. The molecule has 1 heterocycles. The average Bonchev–Trinajstić information content (AvgIpc) is 1.82. The van der Waals surface area contributed by atoms with Gasteiger partial charge in [0.1, 0.15) is 0 Å². The average molecular weight is 189 g/mol. The van der Waals surface area contributed by atoms with Gasteiger partial charge in [-0.15, -0.1) is 0 Å². The highest BCUT2D eigenvalue weighted by atomic mass is 36.0. The Labute approximate surface area is 61.1 Å². The van der Waals surface area contributed by atoms with Gasteiger partial charge < -0.3 is 0 Å². The van der Waals surface area contributed by atoms with Crippen LogP contribution in [0, 0.1) is 0 Å². The lowest BCUT2D eigenvalue weighted by atomic mass is 10.7. The van der Waals surface area contributed by atoms with Gasteiger partial charge >= 0.3 is 0 Å². The molecule has 0 aromatic carbocycles. The number of halogens is 2. The topological polar surface area (TPSA) is 17.1 Å². The first kappa shape index (κ1) is 6.81. The Hall–Kier alpha value is 0.690. The van der Waals surface area contributed by atoms with Crippen molar-refractivity contribution in [2.45, 2.75) is 0 Å². The predicted octanol–water partition coefficient (Wildman–Crippen LogP) is 2.80. The molecule has 0 amide bonds. The van der Waals surface area contributed by atoms with Crippen molar-refractivity contribution in [2.75, 3.05) is 0 Å². The van der Waals surface area contributed by atoms with Crippen LogP contribution in [0.5, 0.6) is 0 Å². The van der Waals surface area contributed by atoms with Crippen LogP contribution in [-0.4, -0.2) is 5.12 Å². The molecule has 1 aliphatic rings. The summed E-state index contributed by atoms with van der Waals surface area (Å²) in [4.78, 5) is 10.4. The lowest BCUT2D eigenvalue weighted by Crippen LogP contribution is -1.72. The molecule has 0 saturated heterocycles. The van der Waals surface area contributed by atoms with E-state index in [2.05, 4.69) is 0 Å². The zero-order valence-electron chi connectivity index (χ0n) is 3.64. The Morgan fingerprint density at radius 1 is 1.62 bits per heavy atom. The minimum Gasteiger partial charge on any atom is -0.281 e. The third-order valence-electron chi connectivity index (χ3n) is 0.556. The van der Waals surface area contributed by atoms with Crippen LogP contribution < -0.4 is 0 Å². The third kappa shape index (κ3) is 1.58. The first-order chi connectivity index (χ1) is 3.60. The Morgan fingerprint density at radius 2 is 2.25 bits per heavy atom. The predicted molar refractivity (Wildman–Crippen MR) is 41.0 cm³/mol. The lowest BCUT2D eigenvalue weighted by molar-refractivity contribution is -0.106. The minimum absolute atomic E-state index is 0.0509. The Bertz CT molecular complexity index is 153. The van der Waals surface area contributed by atoms with E-state index in [-0.39, 0.29) is 5.12 Å². The summed E-state index contributed by atoms with van der Waals surface area (Å²) >= 11 is 0. The first-order valence-corrected chi connectivity index (χ1v) is 6.42. The van der Waals surface area contributed by atoms with Gasteiger partial charge in [0, 0.05) is 6.08 Å². The molecule has 0 radical (unpaired) electrons. The monoisotopic (exact) mass is 188 g/mol. The summed E-state index contributed by atoms with van der Waals surface area (Å²) in [5.41, 5.74) is 0. The Balaban J connectivity index is 2.72. The van der Waals surface area contributed by atoms with Crippen LogP contribution in [0.2, 0.25) is 0 Å². The zero-order chi connectivity index (χ0) is 6.20. The van der Waals surface area contributed by atoms with Gasteiger partial charge in [-0.05, 0) is 45.1 Å². The van der Waals surface area contributed by atoms with Gasteiger partial charge in [-0.1, -0.05) is 0 Å². The number of carbonyl (C=O) groups excluding carboxylic acids is 1. The second-order valence-corrected chi connectivity index (χ2v) is 9.49. The molecule has 0 spiro atoms. The maximum atomic E-state index is 10.4. The number of rotatable bonds is 0. The van der Waals surface area contributed by atoms with Crippen molar-refractivity contribution in [3.05, 3.63) is 11.5 Å². The summed E-state index contributed by atoms with van der Waals surface area (Å²) in [7, 11) is 10.4. The quantitative estimate of drug-likeness (QED) is 0.545. The molecule has 1 rings (SSSR count). The highest BCUT2D eigenvalue weighted by Crippen LogP contribution is 2.72. The van der Waals surface area contributed by atoms with E-state index >= 15 is 0 Å². The van der Waals surface area contributed by atoms with Crippen LogP contribution in [0.4, 0.5) is 0 Å². The number of carbonyl (C=O) groups is 1. The molecule has 1 aliphatic heterocycles. The van der Waals surface area contributed by atoms with Crippen molar-refractivity contribution in [2.24, 2.45) is 0 Å². The molecule has 0 aliphatic carbocycles. The SMILES string of the molecule is O=C1C=CS(Cl)(Cl)S1. The molecule has 0 atom stereocenters. The smallest absolute Gasteiger partial charge is 0.224 e. The van der Waals surface area contributed by atoms with Crippen LogP contribution in [0.3, 0.4) is 0 Å². The second-order valence-electron chi connectivity index (χ2n) is 1.16. The van der Waals surface area contributed by atoms with Gasteiger partial charge in [0.15, 0.2) is 0 Å². The molecule has 0 aromatic heterocycles. The van der Waals surface area contributed by atoms with E-state index in [0.717, 1.165) is 10.8 Å². The van der Waals surface area contributed by atoms with E-state index in [1.807, 2.05) is 0 Å². The van der Waals surface area contributed by atoms with Crippen molar-refractivity contribution in [1.82, 2.24) is 0 Å². The molecule has 1 nitrogen and oxygen atoms in total. The van der Waals surface area contributed by atoms with Crippen molar-refractivity contribution < 1.29 is 4.79 Å². The number of hydrogen-bond donors (Lipinski definition) is 0. The summed E-state index contributed by atoms with van der Waals surface area (Å²) < 4.78 is 0. The molecule has 0 fully saturated rings. The van der Waals surface area contributed by atoms with Gasteiger partial charge in [-0.3, -0.25) is 4.79 Å². The van der Waals surface area contributed by atoms with Crippen LogP contribution in [0.15, 0.2) is 11.5 Å². The summed E-state index contributed by atoms with van der Waals surface area (Å²) in [5.74, 6) is 0. The van der Waals surface area contributed by atoms with Crippen LogP contribution >= 0.6 is 39.6 Å². The third-order valence-corrected chi connectivity index (χ3v) is 4.78. The normalized spacial score (nSPS) is 28.5. The van der Waals surface area contributed by atoms with Gasteiger partial charge in [0.05, 0.1) is 0 Å². The maximum absolute atomic E-state index is 10.4. The van der Waals surface area contributed by atoms with Crippen molar-refractivity contribution in [1.29, 1.82) is 0 Å². The van der Waals surface area contributed by atoms with Crippen molar-refractivity contribution >= 4 is 44.8 Å². The van der Waals surface area contributed by atoms with Crippen molar-refractivity contribution in [3.8, 4) is 0 Å². The van der Waals surface area contributed by atoms with Crippen LogP contribution in [-0.2, 0) is 4.79 Å². The fourth-order valence-corrected chi connectivity index (χ4v) is 3.65. The summed E-state index contributed by atoms with van der Waals surface area (Å²) in [6.07, 6.45) is 1.40. The van der Waals surface area contributed by atoms with E-state index < -0.39 is 7.49 Å². The highest BCUT2D eigenvalue weighted by molar-refractivity contribution is 9.15. The Kier molecular flexibility index (Phi) is 1.82. The molecule has 8 heavy (non-hydrogen) atoms. The van der Waals surface area contributed by atoms with Crippen molar-refractivity contribution in [3.63, 3.8) is 0 Å². The van der Waals surface area contributed by atoms with E-state index in [0.29, 0.717) is 0 Å². The molecule has 46 valence electrons. The van der Waals surface area contributed by atoms with Gasteiger partial charge in [0.25, 0.3) is 0 Å². The van der Waals surface area contributed by atoms with E-state index in [9.17, 15) is 4.79 Å². The molecule has 0 saturated carbocycles. The van der Waals surface area contributed by atoms with Gasteiger partial charge in [-0.25, -0.2) is 0 Å². The van der Waals surface area contributed by atoms with Gasteiger partial charge in [0.2, 0.25) is 5.12 Å². The highest BCUT2D eigenvalue weighted by Gasteiger charge is 2.24. The fourth-order valence-electron chi connectivity index (χ4n) is 0.300. The largest absolute Gasteiger partial charge is 0.281 e. The molecule has 0 bridgehead atoms. The Morgan fingerprint density at radius 3 is 2.38 bits per heavy atom. The maximum Gasteiger partial charge on any atom is 0.224 e. The zero-order valence-corrected chi connectivity index (χ0v) is 6.78. The summed E-state index contributed by atoms with van der Waals surface area (Å²) in [6.45, 7) is 0. The second kappa shape index (κ2) is 2.14. The molecule has 0 N–H and O–H groups in total. The molecule has 0 aromatic rings. The molecular weight excluding hydrogens is 187 g/mol. The van der Waals surface area contributed by atoms with E-state index in [4.69, 9.17) is 21.4 Å². The summed E-state index contributed by atoms with van der Waals surface area (Å²) in [5, 5.41) is 1.49. The summed E-state index contributed by atoms with van der Waals surface area (Å²) in [6, 6.07) is 0. The number of hydrogen-bond acceptors (Lipinski definition) is 2. The van der Waals surface area contributed by atoms with E-state index in [1.54, 1.807) is 5.41 Å².